The molecule has 112 valence electrons. The van der Waals surface area contributed by atoms with Crippen molar-refractivity contribution in [3.05, 3.63) is 0 Å². The first-order valence-electron chi connectivity index (χ1n) is 7.21. The SMILES string of the molecule is CSC(C)CC(=O)NCC(O)CN1CCC(C)CC1. The Kier molecular flexibility index (Phi) is 7.80. The van der Waals surface area contributed by atoms with E-state index >= 15 is 0 Å². The molecule has 0 radical (unpaired) electrons. The van der Waals surface area contributed by atoms with E-state index in [4.69, 9.17) is 0 Å². The summed E-state index contributed by atoms with van der Waals surface area (Å²) >= 11 is 1.68. The van der Waals surface area contributed by atoms with Crippen molar-refractivity contribution in [3.63, 3.8) is 0 Å². The Morgan fingerprint density at radius 1 is 1.47 bits per heavy atom. The molecular formula is C14H28N2O2S. The number of thioether (sulfide) groups is 1. The van der Waals surface area contributed by atoms with E-state index in [1.165, 1.54) is 12.8 Å². The summed E-state index contributed by atoms with van der Waals surface area (Å²) in [6.07, 6.45) is 4.50. The monoisotopic (exact) mass is 288 g/mol. The maximum Gasteiger partial charge on any atom is 0.221 e. The van der Waals surface area contributed by atoms with Crippen LogP contribution in [0.5, 0.6) is 0 Å². The van der Waals surface area contributed by atoms with Gasteiger partial charge in [-0.3, -0.25) is 4.79 Å². The molecule has 1 aliphatic rings. The van der Waals surface area contributed by atoms with Crippen LogP contribution in [0.1, 0.15) is 33.1 Å². The van der Waals surface area contributed by atoms with Crippen molar-refractivity contribution in [1.82, 2.24) is 10.2 Å². The molecule has 0 bridgehead atoms. The van der Waals surface area contributed by atoms with Crippen LogP contribution in [0.25, 0.3) is 0 Å². The van der Waals surface area contributed by atoms with Gasteiger partial charge in [-0.2, -0.15) is 11.8 Å². The first-order valence-corrected chi connectivity index (χ1v) is 8.50. The van der Waals surface area contributed by atoms with Gasteiger partial charge in [0.1, 0.15) is 0 Å². The molecule has 1 amide bonds. The minimum atomic E-state index is -0.457. The van der Waals surface area contributed by atoms with Gasteiger partial charge in [-0.1, -0.05) is 13.8 Å². The standard InChI is InChI=1S/C14H28N2O2S/c1-11-4-6-16(7-5-11)10-13(17)9-15-14(18)8-12(2)19-3/h11-13,17H,4-10H2,1-3H3,(H,15,18). The van der Waals surface area contributed by atoms with Crippen LogP contribution in [-0.2, 0) is 4.79 Å². The van der Waals surface area contributed by atoms with Gasteiger partial charge in [0.25, 0.3) is 0 Å². The topological polar surface area (TPSA) is 52.6 Å². The molecule has 1 rings (SSSR count). The van der Waals surface area contributed by atoms with Crippen LogP contribution in [-0.4, -0.2) is 59.7 Å². The van der Waals surface area contributed by atoms with Crippen LogP contribution in [0.15, 0.2) is 0 Å². The molecule has 5 heteroatoms. The molecule has 0 saturated carbocycles. The van der Waals surface area contributed by atoms with Gasteiger partial charge in [-0.05, 0) is 38.1 Å². The highest BCUT2D eigenvalue weighted by Crippen LogP contribution is 2.15. The van der Waals surface area contributed by atoms with Gasteiger partial charge in [0, 0.05) is 24.8 Å². The summed E-state index contributed by atoms with van der Waals surface area (Å²) < 4.78 is 0. The van der Waals surface area contributed by atoms with E-state index in [1.54, 1.807) is 11.8 Å². The zero-order chi connectivity index (χ0) is 14.3. The normalized spacial score (nSPS) is 21.1. The Morgan fingerprint density at radius 3 is 2.68 bits per heavy atom. The maximum absolute atomic E-state index is 11.6. The zero-order valence-electron chi connectivity index (χ0n) is 12.4. The van der Waals surface area contributed by atoms with E-state index in [9.17, 15) is 9.90 Å². The first kappa shape index (κ1) is 16.8. The van der Waals surface area contributed by atoms with Crippen molar-refractivity contribution < 1.29 is 9.90 Å². The minimum Gasteiger partial charge on any atom is -0.390 e. The fourth-order valence-corrected chi connectivity index (χ4v) is 2.57. The number of carbonyl (C=O) groups is 1. The summed E-state index contributed by atoms with van der Waals surface area (Å²) in [6, 6.07) is 0. The average molecular weight is 288 g/mol. The van der Waals surface area contributed by atoms with Crippen molar-refractivity contribution in [2.24, 2.45) is 5.92 Å². The van der Waals surface area contributed by atoms with Gasteiger partial charge >= 0.3 is 0 Å². The summed E-state index contributed by atoms with van der Waals surface area (Å²) in [6.45, 7) is 7.49. The highest BCUT2D eigenvalue weighted by atomic mass is 32.2. The maximum atomic E-state index is 11.6. The van der Waals surface area contributed by atoms with Crippen molar-refractivity contribution in [2.75, 3.05) is 32.4 Å². The molecule has 0 spiro atoms. The predicted octanol–water partition coefficient (Wildman–Crippen LogP) is 1.34. The quantitative estimate of drug-likeness (QED) is 0.742. The second kappa shape index (κ2) is 8.82. The fourth-order valence-electron chi connectivity index (χ4n) is 2.26. The molecule has 2 N–H and O–H groups in total. The lowest BCUT2D eigenvalue weighted by atomic mass is 9.99. The summed E-state index contributed by atoms with van der Waals surface area (Å²) in [5.41, 5.74) is 0. The Bertz CT molecular complexity index is 268. The van der Waals surface area contributed by atoms with Crippen LogP contribution in [0.3, 0.4) is 0 Å². The minimum absolute atomic E-state index is 0.0353. The van der Waals surface area contributed by atoms with Crippen LogP contribution < -0.4 is 5.32 Å². The molecule has 0 aromatic carbocycles. The molecule has 0 aromatic heterocycles. The lowest BCUT2D eigenvalue weighted by Crippen LogP contribution is -2.43. The Balaban J connectivity index is 2.13. The van der Waals surface area contributed by atoms with Crippen molar-refractivity contribution in [1.29, 1.82) is 0 Å². The molecule has 1 aliphatic heterocycles. The molecule has 1 heterocycles. The fraction of sp³-hybridized carbons (Fsp3) is 0.929. The Labute approximate surface area is 121 Å². The number of likely N-dealkylation sites (tertiary alicyclic amines) is 1. The first-order chi connectivity index (χ1) is 9.01. The number of amides is 1. The van der Waals surface area contributed by atoms with E-state index in [1.807, 2.05) is 13.2 Å². The third kappa shape index (κ3) is 7.18. The van der Waals surface area contributed by atoms with Gasteiger partial charge < -0.3 is 15.3 Å². The molecule has 19 heavy (non-hydrogen) atoms. The molecule has 1 fully saturated rings. The molecule has 4 nitrogen and oxygen atoms in total. The van der Waals surface area contributed by atoms with Crippen LogP contribution >= 0.6 is 11.8 Å². The second-order valence-electron chi connectivity index (χ2n) is 5.69. The molecule has 1 saturated heterocycles. The zero-order valence-corrected chi connectivity index (χ0v) is 13.2. The van der Waals surface area contributed by atoms with E-state index in [0.29, 0.717) is 24.8 Å². The lowest BCUT2D eigenvalue weighted by Gasteiger charge is -2.31. The lowest BCUT2D eigenvalue weighted by molar-refractivity contribution is -0.121. The van der Waals surface area contributed by atoms with E-state index in [2.05, 4.69) is 17.1 Å². The average Bonchev–Trinajstić information content (AvgIpc) is 2.39. The van der Waals surface area contributed by atoms with Gasteiger partial charge in [-0.25, -0.2) is 0 Å². The number of nitrogens with zero attached hydrogens (tertiary/aromatic N) is 1. The highest BCUT2D eigenvalue weighted by molar-refractivity contribution is 7.99. The third-order valence-corrected chi connectivity index (χ3v) is 4.73. The number of rotatable bonds is 7. The van der Waals surface area contributed by atoms with Crippen molar-refractivity contribution in [2.45, 2.75) is 44.5 Å². The number of hydrogen-bond donors (Lipinski definition) is 2. The summed E-state index contributed by atoms with van der Waals surface area (Å²) in [5, 5.41) is 13.1. The number of aliphatic hydroxyl groups is 1. The second-order valence-corrected chi connectivity index (χ2v) is 6.97. The largest absolute Gasteiger partial charge is 0.390 e. The number of β-amino-alcohol motifs (C(OH)–C–C–N with tert-alkyl or cyclic N) is 1. The van der Waals surface area contributed by atoms with Crippen molar-refractivity contribution in [3.8, 4) is 0 Å². The number of hydrogen-bond acceptors (Lipinski definition) is 4. The smallest absolute Gasteiger partial charge is 0.221 e. The Hall–Kier alpha value is -0.260. The van der Waals surface area contributed by atoms with E-state index in [-0.39, 0.29) is 5.91 Å². The number of piperidine rings is 1. The van der Waals surface area contributed by atoms with Crippen LogP contribution in [0, 0.1) is 5.92 Å². The summed E-state index contributed by atoms with van der Waals surface area (Å²) in [7, 11) is 0. The Morgan fingerprint density at radius 2 is 2.11 bits per heavy atom. The van der Waals surface area contributed by atoms with Gasteiger partial charge in [0.15, 0.2) is 0 Å². The van der Waals surface area contributed by atoms with E-state index in [0.717, 1.165) is 19.0 Å². The summed E-state index contributed by atoms with van der Waals surface area (Å²) in [5.74, 6) is 0.842. The van der Waals surface area contributed by atoms with Gasteiger partial charge in [0.05, 0.1) is 6.10 Å². The predicted molar refractivity (Wildman–Crippen MR) is 81.4 cm³/mol. The molecule has 0 aliphatic carbocycles. The highest BCUT2D eigenvalue weighted by Gasteiger charge is 2.18. The number of aliphatic hydroxyl groups excluding tert-OH is 1. The third-order valence-electron chi connectivity index (χ3n) is 3.76. The van der Waals surface area contributed by atoms with Gasteiger partial charge in [-0.15, -0.1) is 0 Å². The van der Waals surface area contributed by atoms with Crippen molar-refractivity contribution >= 4 is 17.7 Å². The molecule has 0 aromatic rings. The molecular weight excluding hydrogens is 260 g/mol. The van der Waals surface area contributed by atoms with Gasteiger partial charge in [0.2, 0.25) is 5.91 Å². The van der Waals surface area contributed by atoms with Crippen LogP contribution in [0.2, 0.25) is 0 Å². The van der Waals surface area contributed by atoms with Crippen LogP contribution in [0.4, 0.5) is 0 Å². The van der Waals surface area contributed by atoms with E-state index < -0.39 is 6.10 Å². The number of nitrogens with one attached hydrogen (secondary N) is 1. The summed E-state index contributed by atoms with van der Waals surface area (Å²) in [4.78, 5) is 13.9. The molecule has 2 atom stereocenters. The number of carbonyl (C=O) groups excluding carboxylic acids is 1. The molecule has 2 unspecified atom stereocenters.